The number of fused-ring (bicyclic) bond motifs is 2. The van der Waals surface area contributed by atoms with Crippen LogP contribution in [0.3, 0.4) is 0 Å². The van der Waals surface area contributed by atoms with Gasteiger partial charge in [0.05, 0.1) is 6.42 Å². The molecule has 0 radical (unpaired) electrons. The van der Waals surface area contributed by atoms with Gasteiger partial charge in [-0.2, -0.15) is 0 Å². The molecule has 0 aromatic heterocycles. The number of esters is 1. The molecule has 3 atom stereocenters. The van der Waals surface area contributed by atoms with Crippen LogP contribution in [0.25, 0.3) is 0 Å². The fraction of sp³-hybridized carbons (Fsp3) is 0.733. The van der Waals surface area contributed by atoms with E-state index in [1.165, 1.54) is 6.42 Å². The first-order valence-corrected chi connectivity index (χ1v) is 6.79. The first-order chi connectivity index (χ1) is 8.68. The molecule has 0 unspecified atom stereocenters. The number of rotatable bonds is 4. The third-order valence-electron chi connectivity index (χ3n) is 5.65. The summed E-state index contributed by atoms with van der Waals surface area (Å²) in [6.45, 7) is 10.0. The minimum atomic E-state index is -1.14. The van der Waals surface area contributed by atoms with Crippen molar-refractivity contribution < 1.29 is 19.4 Å². The van der Waals surface area contributed by atoms with Crippen molar-refractivity contribution in [3.05, 3.63) is 12.2 Å². The summed E-state index contributed by atoms with van der Waals surface area (Å²) >= 11 is 0. The first-order valence-electron chi connectivity index (χ1n) is 6.79. The van der Waals surface area contributed by atoms with Gasteiger partial charge in [0.1, 0.15) is 6.10 Å². The summed E-state index contributed by atoms with van der Waals surface area (Å²) in [5, 5.41) is 8.72. The molecule has 0 saturated heterocycles. The highest BCUT2D eigenvalue weighted by atomic mass is 16.5. The van der Waals surface area contributed by atoms with Crippen molar-refractivity contribution in [2.24, 2.45) is 16.7 Å². The zero-order chi connectivity index (χ0) is 14.4. The van der Waals surface area contributed by atoms with E-state index in [9.17, 15) is 9.59 Å². The van der Waals surface area contributed by atoms with E-state index < -0.39 is 11.9 Å². The van der Waals surface area contributed by atoms with Crippen molar-refractivity contribution in [3.8, 4) is 0 Å². The van der Waals surface area contributed by atoms with E-state index in [-0.39, 0.29) is 28.9 Å². The molecule has 1 N–H and O–H groups in total. The topological polar surface area (TPSA) is 63.6 Å². The molecular weight excluding hydrogens is 244 g/mol. The number of carbonyl (C=O) groups is 2. The fourth-order valence-electron chi connectivity index (χ4n) is 3.76. The quantitative estimate of drug-likeness (QED) is 0.627. The molecule has 0 spiro atoms. The van der Waals surface area contributed by atoms with Crippen molar-refractivity contribution in [1.29, 1.82) is 0 Å². The van der Waals surface area contributed by atoms with Crippen molar-refractivity contribution >= 4 is 11.9 Å². The number of hydrogen-bond donors (Lipinski definition) is 1. The van der Waals surface area contributed by atoms with Crippen LogP contribution in [0.4, 0.5) is 0 Å². The molecule has 4 heteroatoms. The molecule has 2 aliphatic carbocycles. The lowest BCUT2D eigenvalue weighted by atomic mass is 9.70. The smallest absolute Gasteiger partial charge is 0.331 e. The Morgan fingerprint density at radius 3 is 2.42 bits per heavy atom. The molecule has 106 valence electrons. The maximum atomic E-state index is 11.8. The van der Waals surface area contributed by atoms with Gasteiger partial charge >= 0.3 is 11.9 Å². The van der Waals surface area contributed by atoms with Gasteiger partial charge in [-0.25, -0.2) is 4.79 Å². The molecule has 19 heavy (non-hydrogen) atoms. The van der Waals surface area contributed by atoms with Crippen molar-refractivity contribution in [2.45, 2.75) is 52.6 Å². The summed E-state index contributed by atoms with van der Waals surface area (Å²) in [7, 11) is 0. The van der Waals surface area contributed by atoms with Crippen molar-refractivity contribution in [2.75, 3.05) is 0 Å². The Kier molecular flexibility index (Phi) is 3.23. The van der Waals surface area contributed by atoms with Gasteiger partial charge in [-0.3, -0.25) is 4.79 Å². The molecule has 0 heterocycles. The molecule has 2 bridgehead atoms. The van der Waals surface area contributed by atoms with E-state index in [4.69, 9.17) is 9.84 Å². The fourth-order valence-corrected chi connectivity index (χ4v) is 3.76. The van der Waals surface area contributed by atoms with E-state index in [0.29, 0.717) is 5.92 Å². The molecule has 2 aliphatic rings. The molecule has 0 amide bonds. The SMILES string of the molecule is C=C(CC(=O)O[C@H]1C[C@@H]2CC[C@@]1(C)C2(C)C)C(=O)O. The number of carboxylic acids is 1. The summed E-state index contributed by atoms with van der Waals surface area (Å²) in [6.07, 6.45) is 2.85. The summed E-state index contributed by atoms with van der Waals surface area (Å²) in [6, 6.07) is 0. The molecule has 2 saturated carbocycles. The van der Waals surface area contributed by atoms with Gasteiger partial charge in [0.15, 0.2) is 0 Å². The molecule has 0 aliphatic heterocycles. The lowest BCUT2D eigenvalue weighted by Gasteiger charge is -2.38. The van der Waals surface area contributed by atoms with Crippen LogP contribution in [0.1, 0.15) is 46.5 Å². The molecular formula is C15H22O4. The van der Waals surface area contributed by atoms with Gasteiger partial charge in [-0.1, -0.05) is 27.4 Å². The Morgan fingerprint density at radius 2 is 2.00 bits per heavy atom. The molecule has 0 aromatic rings. The van der Waals surface area contributed by atoms with Gasteiger partial charge < -0.3 is 9.84 Å². The van der Waals surface area contributed by atoms with E-state index in [0.717, 1.165) is 12.8 Å². The normalized spacial score (nSPS) is 35.1. The highest BCUT2D eigenvalue weighted by Crippen LogP contribution is 2.66. The second-order valence-electron chi connectivity index (χ2n) is 6.67. The van der Waals surface area contributed by atoms with Crippen LogP contribution in [-0.4, -0.2) is 23.1 Å². The Balaban J connectivity index is 2.00. The summed E-state index contributed by atoms with van der Waals surface area (Å²) in [5.41, 5.74) is 0.0807. The zero-order valence-electron chi connectivity index (χ0n) is 11.9. The van der Waals surface area contributed by atoms with E-state index in [1.54, 1.807) is 0 Å². The number of carboxylic acid groups (broad SMARTS) is 1. The van der Waals surface area contributed by atoms with Gasteiger partial charge in [0.25, 0.3) is 0 Å². The Labute approximate surface area is 113 Å². The lowest BCUT2D eigenvalue weighted by Crippen LogP contribution is -2.38. The minimum absolute atomic E-state index is 0.0118. The van der Waals surface area contributed by atoms with E-state index >= 15 is 0 Å². The average Bonchev–Trinajstić information content (AvgIpc) is 2.61. The van der Waals surface area contributed by atoms with Crippen LogP contribution >= 0.6 is 0 Å². The second-order valence-corrected chi connectivity index (χ2v) is 6.67. The number of hydrogen-bond acceptors (Lipinski definition) is 3. The van der Waals surface area contributed by atoms with Gasteiger partial charge in [-0.15, -0.1) is 0 Å². The molecule has 4 nitrogen and oxygen atoms in total. The summed E-state index contributed by atoms with van der Waals surface area (Å²) in [5.74, 6) is -1.02. The van der Waals surface area contributed by atoms with Gasteiger partial charge in [0.2, 0.25) is 0 Å². The van der Waals surface area contributed by atoms with Crippen LogP contribution in [0.15, 0.2) is 12.2 Å². The summed E-state index contributed by atoms with van der Waals surface area (Å²) in [4.78, 5) is 22.5. The highest BCUT2D eigenvalue weighted by molar-refractivity contribution is 5.91. The number of ether oxygens (including phenoxy) is 1. The van der Waals surface area contributed by atoms with Crippen LogP contribution in [-0.2, 0) is 14.3 Å². The van der Waals surface area contributed by atoms with Crippen LogP contribution in [0, 0.1) is 16.7 Å². The maximum Gasteiger partial charge on any atom is 0.331 e. The van der Waals surface area contributed by atoms with E-state index in [2.05, 4.69) is 27.4 Å². The predicted molar refractivity (Wildman–Crippen MR) is 70.5 cm³/mol. The Hall–Kier alpha value is -1.32. The highest BCUT2D eigenvalue weighted by Gasteiger charge is 2.62. The monoisotopic (exact) mass is 266 g/mol. The maximum absolute atomic E-state index is 11.8. The molecule has 0 aromatic carbocycles. The Bertz CT molecular complexity index is 437. The zero-order valence-corrected chi connectivity index (χ0v) is 11.9. The van der Waals surface area contributed by atoms with Gasteiger partial charge in [-0.05, 0) is 30.6 Å². The van der Waals surface area contributed by atoms with Crippen molar-refractivity contribution in [1.82, 2.24) is 0 Å². The number of aliphatic carboxylic acids is 1. The minimum Gasteiger partial charge on any atom is -0.478 e. The van der Waals surface area contributed by atoms with Crippen LogP contribution in [0.5, 0.6) is 0 Å². The number of carbonyl (C=O) groups excluding carboxylic acids is 1. The molecule has 2 fully saturated rings. The third-order valence-corrected chi connectivity index (χ3v) is 5.65. The largest absolute Gasteiger partial charge is 0.478 e. The molecule has 2 rings (SSSR count). The van der Waals surface area contributed by atoms with E-state index in [1.807, 2.05) is 0 Å². The predicted octanol–water partition coefficient (Wildman–Crippen LogP) is 2.78. The first kappa shape index (κ1) is 14.1. The van der Waals surface area contributed by atoms with Crippen molar-refractivity contribution in [3.63, 3.8) is 0 Å². The second kappa shape index (κ2) is 4.36. The van der Waals surface area contributed by atoms with Crippen LogP contribution < -0.4 is 0 Å². The standard InChI is InChI=1S/C15H22O4/c1-9(13(17)18)7-12(16)19-11-8-10-5-6-15(11,4)14(10,2)3/h10-11H,1,5-8H2,2-4H3,(H,17,18)/t10-,11-,15+/m0/s1. The third kappa shape index (κ3) is 2.07. The van der Waals surface area contributed by atoms with Gasteiger partial charge in [0, 0.05) is 11.0 Å². The lowest BCUT2D eigenvalue weighted by molar-refractivity contribution is -0.157. The average molecular weight is 266 g/mol. The summed E-state index contributed by atoms with van der Waals surface area (Å²) < 4.78 is 5.54. The van der Waals surface area contributed by atoms with Crippen LogP contribution in [0.2, 0.25) is 0 Å². The Morgan fingerprint density at radius 1 is 1.37 bits per heavy atom.